The number of piperidine rings is 1. The summed E-state index contributed by atoms with van der Waals surface area (Å²) in [4.78, 5) is 30.2. The molecule has 2 aliphatic rings. The van der Waals surface area contributed by atoms with Crippen molar-refractivity contribution in [2.45, 2.75) is 52.1 Å². The van der Waals surface area contributed by atoms with E-state index in [-0.39, 0.29) is 23.8 Å². The fraction of sp³-hybridized carbons (Fsp3) is 0.636. The predicted octanol–water partition coefficient (Wildman–Crippen LogP) is 2.44. The summed E-state index contributed by atoms with van der Waals surface area (Å²) in [6, 6.07) is 7.85. The number of nitrogens with zero attached hydrogens (tertiary/aromatic N) is 2. The van der Waals surface area contributed by atoms with Crippen LogP contribution in [-0.4, -0.2) is 54.3 Å². The highest BCUT2D eigenvalue weighted by molar-refractivity contribution is 5.89. The van der Waals surface area contributed by atoms with Gasteiger partial charge in [-0.1, -0.05) is 38.1 Å². The quantitative estimate of drug-likeness (QED) is 0.865. The lowest BCUT2D eigenvalue weighted by atomic mass is 9.90. The molecule has 0 aromatic heterocycles. The van der Waals surface area contributed by atoms with Crippen LogP contribution in [-0.2, 0) is 22.6 Å². The standard InChI is InChI=1S/C22H33N3O2/c1-4-16(2)21(26)25-15-19-8-6-5-7-18(19)13-20(25)22(27)24-11-9-17(10-12-24)14-23-3/h5-8,16-17,20,23H,4,9-15H2,1-3H3. The van der Waals surface area contributed by atoms with Gasteiger partial charge in [0.15, 0.2) is 0 Å². The second-order valence-corrected chi connectivity index (χ2v) is 8.09. The number of benzene rings is 1. The van der Waals surface area contributed by atoms with E-state index in [0.29, 0.717) is 18.9 Å². The summed E-state index contributed by atoms with van der Waals surface area (Å²) < 4.78 is 0. The smallest absolute Gasteiger partial charge is 0.245 e. The highest BCUT2D eigenvalue weighted by atomic mass is 16.2. The van der Waals surface area contributed by atoms with Crippen LogP contribution >= 0.6 is 0 Å². The Morgan fingerprint density at radius 2 is 1.85 bits per heavy atom. The summed E-state index contributed by atoms with van der Waals surface area (Å²) in [7, 11) is 1.98. The van der Waals surface area contributed by atoms with Crippen LogP contribution < -0.4 is 5.32 Å². The Bertz CT molecular complexity index is 667. The molecule has 1 N–H and O–H groups in total. The topological polar surface area (TPSA) is 52.7 Å². The lowest BCUT2D eigenvalue weighted by Crippen LogP contribution is -2.56. The molecule has 0 bridgehead atoms. The molecule has 0 spiro atoms. The van der Waals surface area contributed by atoms with Crippen LogP contribution in [0.1, 0.15) is 44.2 Å². The molecule has 0 aliphatic carbocycles. The number of hydrogen-bond acceptors (Lipinski definition) is 3. The molecule has 27 heavy (non-hydrogen) atoms. The first-order chi connectivity index (χ1) is 13.0. The first-order valence-electron chi connectivity index (χ1n) is 10.4. The average Bonchev–Trinajstić information content (AvgIpc) is 2.72. The third-order valence-electron chi connectivity index (χ3n) is 6.27. The van der Waals surface area contributed by atoms with E-state index in [4.69, 9.17) is 0 Å². The van der Waals surface area contributed by atoms with Gasteiger partial charge in [-0.2, -0.15) is 0 Å². The van der Waals surface area contributed by atoms with Gasteiger partial charge >= 0.3 is 0 Å². The van der Waals surface area contributed by atoms with Gasteiger partial charge in [0, 0.05) is 32.0 Å². The number of fused-ring (bicyclic) bond motifs is 1. The van der Waals surface area contributed by atoms with Crippen LogP contribution in [0.15, 0.2) is 24.3 Å². The zero-order chi connectivity index (χ0) is 19.4. The molecule has 3 rings (SSSR count). The number of carbonyl (C=O) groups excluding carboxylic acids is 2. The zero-order valence-corrected chi connectivity index (χ0v) is 16.9. The largest absolute Gasteiger partial charge is 0.341 e. The lowest BCUT2D eigenvalue weighted by Gasteiger charge is -2.41. The molecule has 2 amide bonds. The summed E-state index contributed by atoms with van der Waals surface area (Å²) in [5.41, 5.74) is 2.38. The second kappa shape index (κ2) is 8.87. The Kier molecular flexibility index (Phi) is 6.53. The molecule has 2 unspecified atom stereocenters. The number of hydrogen-bond donors (Lipinski definition) is 1. The second-order valence-electron chi connectivity index (χ2n) is 8.09. The lowest BCUT2D eigenvalue weighted by molar-refractivity contribution is -0.150. The minimum atomic E-state index is -0.359. The van der Waals surface area contributed by atoms with Crippen LogP contribution in [0.5, 0.6) is 0 Å². The van der Waals surface area contributed by atoms with E-state index in [1.165, 1.54) is 11.1 Å². The molecule has 5 nitrogen and oxygen atoms in total. The SMILES string of the molecule is CCC(C)C(=O)N1Cc2ccccc2CC1C(=O)N1CCC(CNC)CC1. The average molecular weight is 372 g/mol. The summed E-state index contributed by atoms with van der Waals surface area (Å²) >= 11 is 0. The van der Waals surface area contributed by atoms with Crippen molar-refractivity contribution in [1.29, 1.82) is 0 Å². The monoisotopic (exact) mass is 371 g/mol. The first-order valence-corrected chi connectivity index (χ1v) is 10.4. The Hall–Kier alpha value is -1.88. The minimum absolute atomic E-state index is 0.0491. The van der Waals surface area contributed by atoms with Crippen molar-refractivity contribution in [1.82, 2.24) is 15.1 Å². The normalized spacial score (nSPS) is 21.7. The Balaban J connectivity index is 1.78. The highest BCUT2D eigenvalue weighted by Gasteiger charge is 2.38. The molecule has 1 fully saturated rings. The van der Waals surface area contributed by atoms with Crippen LogP contribution in [0.4, 0.5) is 0 Å². The molecule has 2 aliphatic heterocycles. The molecule has 5 heteroatoms. The van der Waals surface area contributed by atoms with Gasteiger partial charge in [0.2, 0.25) is 11.8 Å². The zero-order valence-electron chi connectivity index (χ0n) is 16.9. The Labute approximate surface area is 163 Å². The minimum Gasteiger partial charge on any atom is -0.341 e. The Morgan fingerprint density at radius 3 is 2.48 bits per heavy atom. The van der Waals surface area contributed by atoms with E-state index < -0.39 is 0 Å². The molecular weight excluding hydrogens is 338 g/mol. The third-order valence-corrected chi connectivity index (χ3v) is 6.27. The van der Waals surface area contributed by atoms with E-state index in [0.717, 1.165) is 38.9 Å². The fourth-order valence-corrected chi connectivity index (χ4v) is 4.29. The molecule has 1 saturated heterocycles. The third kappa shape index (κ3) is 4.34. The molecule has 1 aromatic carbocycles. The van der Waals surface area contributed by atoms with Crippen LogP contribution in [0.2, 0.25) is 0 Å². The number of rotatable bonds is 5. The van der Waals surface area contributed by atoms with Crippen molar-refractivity contribution < 1.29 is 9.59 Å². The maximum Gasteiger partial charge on any atom is 0.245 e. The van der Waals surface area contributed by atoms with E-state index in [9.17, 15) is 9.59 Å². The van der Waals surface area contributed by atoms with Gasteiger partial charge in [-0.3, -0.25) is 9.59 Å². The van der Waals surface area contributed by atoms with Crippen LogP contribution in [0, 0.1) is 11.8 Å². The molecule has 148 valence electrons. The van der Waals surface area contributed by atoms with E-state index in [2.05, 4.69) is 17.4 Å². The molecular formula is C22H33N3O2. The van der Waals surface area contributed by atoms with Crippen molar-refractivity contribution in [3.63, 3.8) is 0 Å². The first kappa shape index (κ1) is 19.9. The van der Waals surface area contributed by atoms with E-state index >= 15 is 0 Å². The maximum atomic E-state index is 13.4. The molecule has 0 radical (unpaired) electrons. The van der Waals surface area contributed by atoms with Gasteiger partial charge in [-0.25, -0.2) is 0 Å². The molecule has 0 saturated carbocycles. The molecule has 2 atom stereocenters. The van der Waals surface area contributed by atoms with Crippen molar-refractivity contribution in [3.8, 4) is 0 Å². The van der Waals surface area contributed by atoms with Crippen LogP contribution in [0.25, 0.3) is 0 Å². The number of nitrogens with one attached hydrogen (secondary N) is 1. The van der Waals surface area contributed by atoms with Crippen molar-refractivity contribution in [3.05, 3.63) is 35.4 Å². The van der Waals surface area contributed by atoms with E-state index in [1.54, 1.807) is 0 Å². The summed E-state index contributed by atoms with van der Waals surface area (Å²) in [5, 5.41) is 3.24. The van der Waals surface area contributed by atoms with Gasteiger partial charge in [0.05, 0.1) is 0 Å². The Morgan fingerprint density at radius 1 is 1.19 bits per heavy atom. The highest BCUT2D eigenvalue weighted by Crippen LogP contribution is 2.28. The van der Waals surface area contributed by atoms with Crippen molar-refractivity contribution >= 4 is 11.8 Å². The van der Waals surface area contributed by atoms with Crippen molar-refractivity contribution in [2.24, 2.45) is 11.8 Å². The number of carbonyl (C=O) groups is 2. The van der Waals surface area contributed by atoms with Gasteiger partial charge in [-0.05, 0) is 49.9 Å². The van der Waals surface area contributed by atoms with Gasteiger partial charge in [0.25, 0.3) is 0 Å². The predicted molar refractivity (Wildman–Crippen MR) is 107 cm³/mol. The molecule has 2 heterocycles. The molecule has 1 aromatic rings. The summed E-state index contributed by atoms with van der Waals surface area (Å²) in [6.07, 6.45) is 3.51. The van der Waals surface area contributed by atoms with Crippen molar-refractivity contribution in [2.75, 3.05) is 26.7 Å². The summed E-state index contributed by atoms with van der Waals surface area (Å²) in [5.74, 6) is 0.829. The van der Waals surface area contributed by atoms with E-state index in [1.807, 2.05) is 42.8 Å². The van der Waals surface area contributed by atoms with Crippen LogP contribution in [0.3, 0.4) is 0 Å². The fourth-order valence-electron chi connectivity index (χ4n) is 4.29. The van der Waals surface area contributed by atoms with Gasteiger partial charge in [0.1, 0.15) is 6.04 Å². The summed E-state index contributed by atoms with van der Waals surface area (Å²) in [6.45, 7) is 7.16. The maximum absolute atomic E-state index is 13.4. The number of amides is 2. The van der Waals surface area contributed by atoms with Gasteiger partial charge in [-0.15, -0.1) is 0 Å². The van der Waals surface area contributed by atoms with Gasteiger partial charge < -0.3 is 15.1 Å². The number of likely N-dealkylation sites (tertiary alicyclic amines) is 1.